The maximum atomic E-state index is 13.4. The minimum Gasteiger partial charge on any atom is -0.454 e. The van der Waals surface area contributed by atoms with Gasteiger partial charge in [-0.25, -0.2) is 0 Å². The van der Waals surface area contributed by atoms with E-state index in [-0.39, 0.29) is 18.6 Å². The molecular formula is C27H33N3O5. The quantitative estimate of drug-likeness (QED) is 0.632. The minimum absolute atomic E-state index is 0.157. The highest BCUT2D eigenvalue weighted by Crippen LogP contribution is 2.41. The lowest BCUT2D eigenvalue weighted by atomic mass is 9.78. The van der Waals surface area contributed by atoms with Gasteiger partial charge in [0.15, 0.2) is 11.5 Å². The number of aliphatic hydroxyl groups excluding tert-OH is 1. The van der Waals surface area contributed by atoms with Gasteiger partial charge in [-0.3, -0.25) is 14.5 Å². The molecule has 1 atom stereocenters. The van der Waals surface area contributed by atoms with Crippen molar-refractivity contribution in [1.82, 2.24) is 15.1 Å². The van der Waals surface area contributed by atoms with E-state index in [0.29, 0.717) is 13.1 Å². The molecular weight excluding hydrogens is 446 g/mol. The number of nitrogens with zero attached hydrogens (tertiary/aromatic N) is 2. The summed E-state index contributed by atoms with van der Waals surface area (Å²) < 4.78 is 10.8. The maximum absolute atomic E-state index is 13.4. The fourth-order valence-corrected chi connectivity index (χ4v) is 5.51. The lowest BCUT2D eigenvalue weighted by molar-refractivity contribution is -0.140. The van der Waals surface area contributed by atoms with E-state index in [1.807, 2.05) is 48.5 Å². The van der Waals surface area contributed by atoms with E-state index >= 15 is 0 Å². The maximum Gasteiger partial charge on any atom is 0.247 e. The first kappa shape index (κ1) is 23.6. The summed E-state index contributed by atoms with van der Waals surface area (Å²) >= 11 is 0. The van der Waals surface area contributed by atoms with Gasteiger partial charge in [0.2, 0.25) is 18.6 Å². The van der Waals surface area contributed by atoms with E-state index in [4.69, 9.17) is 9.47 Å². The Hall–Kier alpha value is -3.10. The van der Waals surface area contributed by atoms with Gasteiger partial charge in [0.05, 0.1) is 12.0 Å². The highest BCUT2D eigenvalue weighted by molar-refractivity contribution is 5.93. The number of ether oxygens (including phenoxy) is 2. The Morgan fingerprint density at radius 3 is 2.40 bits per heavy atom. The van der Waals surface area contributed by atoms with Crippen LogP contribution in [0.5, 0.6) is 11.5 Å². The second-order valence-corrected chi connectivity index (χ2v) is 9.65. The molecule has 2 amide bonds. The smallest absolute Gasteiger partial charge is 0.247 e. The zero-order chi connectivity index (χ0) is 24.3. The molecule has 0 aromatic heterocycles. The van der Waals surface area contributed by atoms with Crippen molar-refractivity contribution in [1.29, 1.82) is 0 Å². The van der Waals surface area contributed by atoms with Gasteiger partial charge in [-0.15, -0.1) is 0 Å². The average Bonchev–Trinajstić information content (AvgIpc) is 3.58. The molecule has 1 saturated heterocycles. The van der Waals surface area contributed by atoms with Crippen LogP contribution < -0.4 is 14.8 Å². The van der Waals surface area contributed by atoms with Gasteiger partial charge in [-0.1, -0.05) is 49.2 Å². The summed E-state index contributed by atoms with van der Waals surface area (Å²) in [4.78, 5) is 30.7. The highest BCUT2D eigenvalue weighted by Gasteiger charge is 2.44. The first-order valence-corrected chi connectivity index (χ1v) is 12.5. The van der Waals surface area contributed by atoms with Crippen LogP contribution in [0.2, 0.25) is 0 Å². The third-order valence-electron chi connectivity index (χ3n) is 7.53. The molecule has 2 aliphatic heterocycles. The fourth-order valence-electron chi connectivity index (χ4n) is 5.51. The van der Waals surface area contributed by atoms with E-state index in [0.717, 1.165) is 67.9 Å². The van der Waals surface area contributed by atoms with Gasteiger partial charge in [-0.05, 0) is 36.1 Å². The van der Waals surface area contributed by atoms with Crippen molar-refractivity contribution in [2.75, 3.05) is 39.6 Å². The molecule has 0 bridgehead atoms. The predicted molar refractivity (Wildman–Crippen MR) is 130 cm³/mol. The number of carbonyl (C=O) groups excluding carboxylic acids is 2. The molecule has 8 nitrogen and oxygen atoms in total. The summed E-state index contributed by atoms with van der Waals surface area (Å²) in [7, 11) is 0. The molecule has 1 unspecified atom stereocenters. The third-order valence-corrected chi connectivity index (χ3v) is 7.53. The Kier molecular flexibility index (Phi) is 6.92. The number of amides is 2. The van der Waals surface area contributed by atoms with Gasteiger partial charge >= 0.3 is 0 Å². The standard InChI is InChI=1S/C27H33N3O5/c31-18-22(28-26(33)27(10-4-5-11-27)21-6-2-1-3-7-21)25(32)30-14-12-29(13-15-30)17-20-8-9-23-24(16-20)35-19-34-23/h1-3,6-9,16,22,31H,4-5,10-15,17-19H2,(H,28,33). The lowest BCUT2D eigenvalue weighted by Gasteiger charge is -2.37. The molecule has 186 valence electrons. The molecule has 5 rings (SSSR count). The fraction of sp³-hybridized carbons (Fsp3) is 0.481. The molecule has 2 heterocycles. The van der Waals surface area contributed by atoms with Gasteiger partial charge in [-0.2, -0.15) is 0 Å². The zero-order valence-electron chi connectivity index (χ0n) is 19.9. The van der Waals surface area contributed by atoms with Crippen LogP contribution in [0.15, 0.2) is 48.5 Å². The minimum atomic E-state index is -0.927. The van der Waals surface area contributed by atoms with Crippen LogP contribution in [-0.2, 0) is 21.5 Å². The summed E-state index contributed by atoms with van der Waals surface area (Å²) in [6.45, 7) is 3.17. The number of rotatable bonds is 7. The molecule has 0 radical (unpaired) electrons. The molecule has 1 aliphatic carbocycles. The molecule has 2 aromatic carbocycles. The van der Waals surface area contributed by atoms with Crippen molar-refractivity contribution in [3.8, 4) is 11.5 Å². The Morgan fingerprint density at radius 1 is 0.971 bits per heavy atom. The molecule has 8 heteroatoms. The second-order valence-electron chi connectivity index (χ2n) is 9.65. The zero-order valence-corrected chi connectivity index (χ0v) is 19.9. The van der Waals surface area contributed by atoms with Crippen molar-refractivity contribution >= 4 is 11.8 Å². The first-order chi connectivity index (χ1) is 17.1. The van der Waals surface area contributed by atoms with Gasteiger partial charge in [0, 0.05) is 32.7 Å². The van der Waals surface area contributed by atoms with Crippen LogP contribution in [-0.4, -0.2) is 72.3 Å². The van der Waals surface area contributed by atoms with Crippen molar-refractivity contribution < 1.29 is 24.2 Å². The van der Waals surface area contributed by atoms with Gasteiger partial charge < -0.3 is 24.8 Å². The molecule has 2 N–H and O–H groups in total. The molecule has 35 heavy (non-hydrogen) atoms. The Morgan fingerprint density at radius 2 is 1.69 bits per heavy atom. The number of aliphatic hydroxyl groups is 1. The second kappa shape index (κ2) is 10.3. The van der Waals surface area contributed by atoms with Crippen molar-refractivity contribution in [2.45, 2.75) is 43.7 Å². The highest BCUT2D eigenvalue weighted by atomic mass is 16.7. The largest absolute Gasteiger partial charge is 0.454 e. The van der Waals surface area contributed by atoms with Crippen LogP contribution in [0.1, 0.15) is 36.8 Å². The SMILES string of the molecule is O=C(C(CO)NC(=O)C1(c2ccccc2)CCCC1)N1CCN(Cc2ccc3c(c2)OCO3)CC1. The van der Waals surface area contributed by atoms with Crippen molar-refractivity contribution in [2.24, 2.45) is 0 Å². The van der Waals surface area contributed by atoms with Crippen molar-refractivity contribution in [3.05, 3.63) is 59.7 Å². The molecule has 1 saturated carbocycles. The van der Waals surface area contributed by atoms with Crippen LogP contribution in [0.3, 0.4) is 0 Å². The number of hydrogen-bond acceptors (Lipinski definition) is 6. The summed E-state index contributed by atoms with van der Waals surface area (Å²) in [5.74, 6) is 1.17. The van der Waals surface area contributed by atoms with E-state index in [1.54, 1.807) is 4.90 Å². The Bertz CT molecular complexity index is 1050. The number of fused-ring (bicyclic) bond motifs is 1. The van der Waals surface area contributed by atoms with Crippen molar-refractivity contribution in [3.63, 3.8) is 0 Å². The van der Waals surface area contributed by atoms with Crippen LogP contribution >= 0.6 is 0 Å². The number of benzene rings is 2. The van der Waals surface area contributed by atoms with E-state index in [2.05, 4.69) is 10.2 Å². The van der Waals surface area contributed by atoms with Gasteiger partial charge in [0.1, 0.15) is 6.04 Å². The normalized spacial score (nSPS) is 20.0. The number of hydrogen-bond donors (Lipinski definition) is 2. The summed E-state index contributed by atoms with van der Waals surface area (Å²) in [6.07, 6.45) is 3.47. The van der Waals surface area contributed by atoms with Crippen LogP contribution in [0.4, 0.5) is 0 Å². The summed E-state index contributed by atoms with van der Waals surface area (Å²) in [5, 5.41) is 12.9. The third kappa shape index (κ3) is 4.86. The van der Waals surface area contributed by atoms with E-state index in [1.165, 1.54) is 0 Å². The predicted octanol–water partition coefficient (Wildman–Crippen LogP) is 2.05. The van der Waals surface area contributed by atoms with Crippen LogP contribution in [0, 0.1) is 0 Å². The lowest BCUT2D eigenvalue weighted by Crippen LogP contribution is -2.58. The van der Waals surface area contributed by atoms with Crippen LogP contribution in [0.25, 0.3) is 0 Å². The Balaban J connectivity index is 1.18. The Labute approximate surface area is 205 Å². The average molecular weight is 480 g/mol. The molecule has 2 aromatic rings. The first-order valence-electron chi connectivity index (χ1n) is 12.5. The number of nitrogens with one attached hydrogen (secondary N) is 1. The number of carbonyl (C=O) groups is 2. The number of piperazine rings is 1. The van der Waals surface area contributed by atoms with E-state index in [9.17, 15) is 14.7 Å². The van der Waals surface area contributed by atoms with Gasteiger partial charge in [0.25, 0.3) is 0 Å². The molecule has 3 aliphatic rings. The van der Waals surface area contributed by atoms with E-state index < -0.39 is 18.1 Å². The monoisotopic (exact) mass is 479 g/mol. The summed E-state index contributed by atoms with van der Waals surface area (Å²) in [6, 6.07) is 14.8. The molecule has 2 fully saturated rings. The molecule has 0 spiro atoms. The summed E-state index contributed by atoms with van der Waals surface area (Å²) in [5.41, 5.74) is 1.49. The topological polar surface area (TPSA) is 91.3 Å².